The first-order chi connectivity index (χ1) is 10.5. The van der Waals surface area contributed by atoms with Crippen LogP contribution in [-0.2, 0) is 11.2 Å². The maximum Gasteiger partial charge on any atom is 0.252 e. The second-order valence-corrected chi connectivity index (χ2v) is 6.32. The Hall–Kier alpha value is -1.98. The van der Waals surface area contributed by atoms with Crippen LogP contribution in [0.5, 0.6) is 0 Å². The van der Waals surface area contributed by atoms with Crippen molar-refractivity contribution in [2.75, 3.05) is 7.05 Å². The van der Waals surface area contributed by atoms with Crippen molar-refractivity contribution in [3.8, 4) is 0 Å². The molecule has 1 atom stereocenters. The van der Waals surface area contributed by atoms with E-state index in [-0.39, 0.29) is 5.91 Å². The molecule has 0 saturated heterocycles. The molecule has 1 saturated carbocycles. The van der Waals surface area contributed by atoms with Crippen molar-refractivity contribution in [1.82, 2.24) is 24.5 Å². The van der Waals surface area contributed by atoms with Crippen LogP contribution in [0.1, 0.15) is 43.1 Å². The number of hydrogen-bond acceptors (Lipinski definition) is 4. The van der Waals surface area contributed by atoms with Gasteiger partial charge in [0.15, 0.2) is 0 Å². The first-order valence-corrected chi connectivity index (χ1v) is 7.90. The fourth-order valence-electron chi connectivity index (χ4n) is 3.05. The summed E-state index contributed by atoms with van der Waals surface area (Å²) in [5, 5.41) is 4.19. The van der Waals surface area contributed by atoms with Crippen LogP contribution < -0.4 is 0 Å². The molecule has 0 bridgehead atoms. The predicted molar refractivity (Wildman–Crippen MR) is 83.5 cm³/mol. The van der Waals surface area contributed by atoms with Gasteiger partial charge in [0.25, 0.3) is 5.78 Å². The number of aryl methyl sites for hydroxylation is 2. The molecule has 22 heavy (non-hydrogen) atoms. The molecule has 6 nitrogen and oxygen atoms in total. The van der Waals surface area contributed by atoms with Gasteiger partial charge in [0.2, 0.25) is 5.91 Å². The minimum absolute atomic E-state index is 0.205. The summed E-state index contributed by atoms with van der Waals surface area (Å²) in [7, 11) is 1.92. The molecule has 2 aromatic rings. The largest absolute Gasteiger partial charge is 0.343 e. The van der Waals surface area contributed by atoms with Crippen LogP contribution in [0.4, 0.5) is 0 Å². The lowest BCUT2D eigenvalue weighted by molar-refractivity contribution is -0.132. The average Bonchev–Trinajstić information content (AvgIpc) is 3.24. The Balaban J connectivity index is 1.71. The minimum Gasteiger partial charge on any atom is -0.343 e. The van der Waals surface area contributed by atoms with Crippen molar-refractivity contribution in [2.45, 2.75) is 52.5 Å². The lowest BCUT2D eigenvalue weighted by Gasteiger charge is -2.25. The van der Waals surface area contributed by atoms with Gasteiger partial charge >= 0.3 is 0 Å². The van der Waals surface area contributed by atoms with Crippen LogP contribution >= 0.6 is 0 Å². The van der Waals surface area contributed by atoms with E-state index in [1.54, 1.807) is 4.52 Å². The van der Waals surface area contributed by atoms with Gasteiger partial charge in [0, 0.05) is 30.9 Å². The number of aromatic nitrogens is 4. The van der Waals surface area contributed by atoms with E-state index in [1.165, 1.54) is 19.2 Å². The van der Waals surface area contributed by atoms with Crippen molar-refractivity contribution in [3.63, 3.8) is 0 Å². The quantitative estimate of drug-likeness (QED) is 0.846. The summed E-state index contributed by atoms with van der Waals surface area (Å²) in [6.07, 6.45) is 5.22. The van der Waals surface area contributed by atoms with Crippen molar-refractivity contribution in [1.29, 1.82) is 0 Å². The van der Waals surface area contributed by atoms with E-state index in [4.69, 9.17) is 0 Å². The topological polar surface area (TPSA) is 63.4 Å². The lowest BCUT2D eigenvalue weighted by atomic mass is 10.1. The van der Waals surface area contributed by atoms with Crippen LogP contribution in [0.15, 0.2) is 6.33 Å². The zero-order chi connectivity index (χ0) is 15.9. The Morgan fingerprint density at radius 3 is 2.86 bits per heavy atom. The third-order valence-corrected chi connectivity index (χ3v) is 4.89. The minimum atomic E-state index is 0.205. The summed E-state index contributed by atoms with van der Waals surface area (Å²) in [5.74, 6) is 1.52. The maximum atomic E-state index is 12.4. The van der Waals surface area contributed by atoms with Crippen molar-refractivity contribution in [3.05, 3.63) is 23.3 Å². The molecule has 1 aliphatic rings. The SMILES string of the molecule is Cc1nc2ncnn2c(C)c1CCC(=O)N(C)C(C)C1CC1. The summed E-state index contributed by atoms with van der Waals surface area (Å²) < 4.78 is 1.74. The maximum absolute atomic E-state index is 12.4. The van der Waals surface area contributed by atoms with Crippen LogP contribution in [-0.4, -0.2) is 43.5 Å². The zero-order valence-corrected chi connectivity index (χ0v) is 13.7. The van der Waals surface area contributed by atoms with Gasteiger partial charge in [-0.1, -0.05) is 0 Å². The Labute approximate surface area is 130 Å². The van der Waals surface area contributed by atoms with E-state index >= 15 is 0 Å². The molecule has 1 unspecified atom stereocenters. The van der Waals surface area contributed by atoms with Crippen LogP contribution in [0.2, 0.25) is 0 Å². The molecule has 118 valence electrons. The fourth-order valence-corrected chi connectivity index (χ4v) is 3.05. The first kappa shape index (κ1) is 14.9. The van der Waals surface area contributed by atoms with Gasteiger partial charge in [0.05, 0.1) is 0 Å². The van der Waals surface area contributed by atoms with Crippen molar-refractivity contribution >= 4 is 11.7 Å². The van der Waals surface area contributed by atoms with E-state index < -0.39 is 0 Å². The molecule has 1 aliphatic carbocycles. The highest BCUT2D eigenvalue weighted by Crippen LogP contribution is 2.34. The molecule has 0 aliphatic heterocycles. The van der Waals surface area contributed by atoms with Gasteiger partial charge in [-0.2, -0.15) is 10.1 Å². The van der Waals surface area contributed by atoms with Gasteiger partial charge in [-0.05, 0) is 51.5 Å². The molecular formula is C16H23N5O. The highest BCUT2D eigenvalue weighted by Gasteiger charge is 2.32. The molecule has 0 aromatic carbocycles. The molecule has 0 spiro atoms. The number of carbonyl (C=O) groups is 1. The molecule has 1 amide bonds. The molecule has 2 heterocycles. The Morgan fingerprint density at radius 2 is 2.18 bits per heavy atom. The van der Waals surface area contributed by atoms with Gasteiger partial charge in [0.1, 0.15) is 6.33 Å². The third kappa shape index (κ3) is 2.69. The normalized spacial score (nSPS) is 16.0. The first-order valence-electron chi connectivity index (χ1n) is 7.90. The van der Waals surface area contributed by atoms with E-state index in [1.807, 2.05) is 25.8 Å². The van der Waals surface area contributed by atoms with Crippen LogP contribution in [0.3, 0.4) is 0 Å². The summed E-state index contributed by atoms with van der Waals surface area (Å²) in [6, 6.07) is 0.352. The standard InChI is InChI=1S/C16H23N5O/c1-10-14(12(3)21-16(19-10)17-9-18-21)7-8-15(22)20(4)11(2)13-5-6-13/h9,11,13H,5-8H2,1-4H3. The summed E-state index contributed by atoms with van der Waals surface area (Å²) in [6.45, 7) is 6.12. The van der Waals surface area contributed by atoms with E-state index in [0.717, 1.165) is 17.0 Å². The Bertz CT molecular complexity index is 704. The second-order valence-electron chi connectivity index (χ2n) is 6.32. The van der Waals surface area contributed by atoms with Crippen molar-refractivity contribution < 1.29 is 4.79 Å². The molecule has 0 N–H and O–H groups in total. The molecule has 2 aromatic heterocycles. The Morgan fingerprint density at radius 1 is 1.45 bits per heavy atom. The highest BCUT2D eigenvalue weighted by molar-refractivity contribution is 5.76. The predicted octanol–water partition coefficient (Wildman–Crippen LogP) is 1.93. The number of fused-ring (bicyclic) bond motifs is 1. The third-order valence-electron chi connectivity index (χ3n) is 4.89. The number of hydrogen-bond donors (Lipinski definition) is 0. The van der Waals surface area contributed by atoms with Crippen LogP contribution in [0, 0.1) is 19.8 Å². The molecule has 0 radical (unpaired) electrons. The molecule has 3 rings (SSSR count). The van der Waals surface area contributed by atoms with Gasteiger partial charge in [-0.25, -0.2) is 9.50 Å². The average molecular weight is 301 g/mol. The van der Waals surface area contributed by atoms with E-state index in [0.29, 0.717) is 30.6 Å². The smallest absolute Gasteiger partial charge is 0.252 e. The molecule has 6 heteroatoms. The van der Waals surface area contributed by atoms with Crippen molar-refractivity contribution in [2.24, 2.45) is 5.92 Å². The number of rotatable bonds is 5. The van der Waals surface area contributed by atoms with Crippen LogP contribution in [0.25, 0.3) is 5.78 Å². The van der Waals surface area contributed by atoms with Gasteiger partial charge < -0.3 is 4.90 Å². The number of nitrogens with zero attached hydrogens (tertiary/aromatic N) is 5. The van der Waals surface area contributed by atoms with Gasteiger partial charge in [-0.15, -0.1) is 0 Å². The zero-order valence-electron chi connectivity index (χ0n) is 13.7. The fraction of sp³-hybridized carbons (Fsp3) is 0.625. The van der Waals surface area contributed by atoms with E-state index in [2.05, 4.69) is 22.0 Å². The van der Waals surface area contributed by atoms with Gasteiger partial charge in [-0.3, -0.25) is 4.79 Å². The second kappa shape index (κ2) is 5.66. The molecule has 1 fully saturated rings. The summed E-state index contributed by atoms with van der Waals surface area (Å²) in [5.41, 5.74) is 3.05. The number of carbonyl (C=O) groups excluding carboxylic acids is 1. The Kier molecular flexibility index (Phi) is 3.85. The monoisotopic (exact) mass is 301 g/mol. The summed E-state index contributed by atoms with van der Waals surface area (Å²) in [4.78, 5) is 22.9. The summed E-state index contributed by atoms with van der Waals surface area (Å²) >= 11 is 0. The number of amides is 1. The lowest BCUT2D eigenvalue weighted by Crippen LogP contribution is -2.36. The highest BCUT2D eigenvalue weighted by atomic mass is 16.2. The van der Waals surface area contributed by atoms with E-state index in [9.17, 15) is 4.79 Å². The molecular weight excluding hydrogens is 278 g/mol.